The number of aromatic nitrogens is 9. The first-order chi connectivity index (χ1) is 71.9. The molecule has 0 amide bonds. The highest BCUT2D eigenvalue weighted by molar-refractivity contribution is 6.27. The molecular formula is C136H84N10. The molecule has 1 spiro atoms. The van der Waals surface area contributed by atoms with Crippen molar-refractivity contribution < 1.29 is 0 Å². The summed E-state index contributed by atoms with van der Waals surface area (Å²) >= 11 is 0. The first kappa shape index (κ1) is 82.5. The van der Waals surface area contributed by atoms with Gasteiger partial charge in [0, 0.05) is 100.0 Å². The Labute approximate surface area is 838 Å². The zero-order valence-corrected chi connectivity index (χ0v) is 78.2. The smallest absolute Gasteiger partial charge is 0.146 e. The summed E-state index contributed by atoms with van der Waals surface area (Å²) in [6.07, 6.45) is 5.68. The van der Waals surface area contributed by atoms with Crippen LogP contribution in [0.3, 0.4) is 0 Å². The van der Waals surface area contributed by atoms with Crippen LogP contribution in [0.1, 0.15) is 29.7 Å². The molecule has 3 aliphatic rings. The summed E-state index contributed by atoms with van der Waals surface area (Å²) in [6.45, 7) is 0. The Morgan fingerprint density at radius 2 is 0.548 bits per heavy atom. The van der Waals surface area contributed by atoms with Crippen molar-refractivity contribution in [3.63, 3.8) is 0 Å². The van der Waals surface area contributed by atoms with Gasteiger partial charge in [0.1, 0.15) is 16.9 Å². The van der Waals surface area contributed by atoms with Crippen LogP contribution in [0.25, 0.3) is 258 Å². The Kier molecular flexibility index (Phi) is 18.1. The van der Waals surface area contributed by atoms with E-state index >= 15 is 0 Å². The van der Waals surface area contributed by atoms with E-state index in [4.69, 9.17) is 29.9 Å². The lowest BCUT2D eigenvalue weighted by molar-refractivity contribution is 0.794. The molecule has 10 nitrogen and oxygen atoms in total. The summed E-state index contributed by atoms with van der Waals surface area (Å²) in [5, 5.41) is 18.7. The highest BCUT2D eigenvalue weighted by Crippen LogP contribution is 2.64. The van der Waals surface area contributed by atoms with Crippen molar-refractivity contribution >= 4 is 186 Å². The van der Waals surface area contributed by atoms with Crippen molar-refractivity contribution in [2.75, 3.05) is 4.90 Å². The van der Waals surface area contributed by atoms with Gasteiger partial charge in [0.05, 0.1) is 77.3 Å². The van der Waals surface area contributed by atoms with E-state index in [0.717, 1.165) is 165 Å². The Bertz CT molecular complexity index is 10800. The highest BCUT2D eigenvalue weighted by Gasteiger charge is 2.52. The lowest BCUT2D eigenvalue weighted by Crippen LogP contribution is -2.25. The second-order valence-electron chi connectivity index (χ2n) is 38.5. The predicted molar refractivity (Wildman–Crippen MR) is 608 cm³/mol. The van der Waals surface area contributed by atoms with Crippen LogP contribution in [0.4, 0.5) is 17.1 Å². The van der Waals surface area contributed by atoms with Gasteiger partial charge in [-0.25, -0.2) is 15.0 Å². The van der Waals surface area contributed by atoms with Crippen LogP contribution in [0.15, 0.2) is 486 Å². The van der Waals surface area contributed by atoms with E-state index in [1.165, 1.54) is 132 Å². The molecule has 0 aliphatic heterocycles. The standard InChI is InChI=1S/C47H27N3.C44H28N4.C44H25N3.CH4/c1-4-14-37-31(11-1)32-12-2-5-15-38(32)47(37)39-16-6-3-13-33(39)34-22-20-30(27-40(34)47)29-21-24-42-36(26-29)44-35(23-19-28-10-9-25-48-45(28)44)46-49-41-17-7-8-18-43(41)50(42)46;1-2-13-33(14-3-1)47(39-18-8-11-30-10-4-5-15-35(30)39)34-23-19-29(20-24-34)32-22-26-40-37(28-32)42-36(25-21-31-12-9-27-45-43(31)42)44-46-38-16-6-7-17-41(38)48(40)44;1-2-12-32-31(11-1)34-14-6-13-33-30(20-21-35(32)41(33)34)29-9-5-8-27(24-29)28-18-22-39-37(25-28)42-36(19-17-26-10-7-23-45-43(26)42)44-46-38-15-3-4-16-40(38)47(39)44;/h1-27H;1-28H;1-25H;1H4. The summed E-state index contributed by atoms with van der Waals surface area (Å²) in [7, 11) is 0. The fourth-order valence-corrected chi connectivity index (χ4v) is 24.9. The van der Waals surface area contributed by atoms with E-state index < -0.39 is 0 Å². The zero-order valence-electron chi connectivity index (χ0n) is 78.2. The lowest BCUT2D eigenvalue weighted by atomic mass is 9.70. The Morgan fingerprint density at radius 3 is 1.07 bits per heavy atom. The SMILES string of the molecule is C.c1cc(-c2ccc3c(c2)c2c(ccc4cccnc42)c2nc4ccccc4n32)cc(-c2ccc3c4c(cccc24)-c2ccccc2-3)c1.c1ccc(N(c2ccc(-c3ccc4c(c3)c3c(ccc5cccnc53)c3nc5ccccc5n43)cc2)c2cccc3ccccc23)cc1.c1ccc2c(c1)-c1ccccc1C21c2ccccc2-c2ccc(-c3ccc4c(c3)c3c(ccc5cccnc53)c3nc5ccccc5n43)cc21. The quantitative estimate of drug-likeness (QED) is 0.147. The lowest BCUT2D eigenvalue weighted by Gasteiger charge is -2.30. The van der Waals surface area contributed by atoms with Crippen LogP contribution in [-0.4, -0.2) is 43.1 Å². The van der Waals surface area contributed by atoms with Crippen molar-refractivity contribution in [2.24, 2.45) is 0 Å². The number of pyridine rings is 6. The topological polar surface area (TPSA) is 93.8 Å². The van der Waals surface area contributed by atoms with Crippen molar-refractivity contribution in [3.8, 4) is 89.0 Å². The van der Waals surface area contributed by atoms with Crippen LogP contribution in [0.2, 0.25) is 0 Å². The number of nitrogens with zero attached hydrogens (tertiary/aromatic N) is 10. The van der Waals surface area contributed by atoms with Crippen LogP contribution in [-0.2, 0) is 5.41 Å². The number of benzene rings is 21. The molecule has 146 heavy (non-hydrogen) atoms. The van der Waals surface area contributed by atoms with Crippen molar-refractivity contribution in [1.29, 1.82) is 0 Å². The minimum absolute atomic E-state index is 0. The van der Waals surface area contributed by atoms with Crippen LogP contribution >= 0.6 is 0 Å². The van der Waals surface area contributed by atoms with Gasteiger partial charge < -0.3 is 4.90 Å². The molecule has 0 radical (unpaired) electrons. The maximum absolute atomic E-state index is 5.15. The molecule has 0 saturated heterocycles. The average Bonchev–Trinajstić information content (AvgIpc) is 1.51. The third-order valence-corrected chi connectivity index (χ3v) is 31.1. The molecule has 3 aliphatic carbocycles. The van der Waals surface area contributed by atoms with Gasteiger partial charge in [-0.1, -0.05) is 323 Å². The van der Waals surface area contributed by atoms with E-state index in [1.54, 1.807) is 0 Å². The maximum Gasteiger partial charge on any atom is 0.146 e. The Morgan fingerprint density at radius 1 is 0.192 bits per heavy atom. The molecule has 0 atom stereocenters. The molecular weight excluding hydrogens is 1770 g/mol. The largest absolute Gasteiger partial charge is 0.310 e. The number of fused-ring (bicyclic) bond motifs is 44. The third kappa shape index (κ3) is 12.0. The predicted octanol–water partition coefficient (Wildman–Crippen LogP) is 35.1. The molecule has 0 bridgehead atoms. The van der Waals surface area contributed by atoms with E-state index in [0.29, 0.717) is 0 Å². The molecule has 10 heteroatoms. The van der Waals surface area contributed by atoms with Crippen LogP contribution in [0, 0.1) is 0 Å². The maximum atomic E-state index is 5.15. The average molecular weight is 1860 g/mol. The zero-order chi connectivity index (χ0) is 94.8. The number of hydrogen-bond acceptors (Lipinski definition) is 7. The van der Waals surface area contributed by atoms with Gasteiger partial charge in [-0.15, -0.1) is 0 Å². The van der Waals surface area contributed by atoms with Gasteiger partial charge >= 0.3 is 0 Å². The Balaban J connectivity index is 0.000000101. The molecule has 0 N–H and O–H groups in total. The number of rotatable bonds is 7. The number of anilines is 3. The first-order valence-corrected chi connectivity index (χ1v) is 49.6. The van der Waals surface area contributed by atoms with Gasteiger partial charge in [-0.05, 0) is 279 Å². The molecule has 0 unspecified atom stereocenters. The van der Waals surface area contributed by atoms with Gasteiger partial charge in [0.15, 0.2) is 0 Å². The van der Waals surface area contributed by atoms with E-state index in [1.807, 2.05) is 36.8 Å². The van der Waals surface area contributed by atoms with E-state index in [2.05, 4.69) is 467 Å². The van der Waals surface area contributed by atoms with Crippen LogP contribution in [0.5, 0.6) is 0 Å². The summed E-state index contributed by atoms with van der Waals surface area (Å²) in [5.74, 6) is 0. The third-order valence-electron chi connectivity index (χ3n) is 31.1. The number of para-hydroxylation sites is 7. The summed E-state index contributed by atoms with van der Waals surface area (Å²) in [6, 6.07) is 169. The first-order valence-electron chi connectivity index (χ1n) is 49.6. The molecule has 33 rings (SSSR count). The molecule has 9 aromatic heterocycles. The summed E-state index contributed by atoms with van der Waals surface area (Å²) in [5.41, 5.74) is 44.1. The van der Waals surface area contributed by atoms with Crippen LogP contribution < -0.4 is 4.90 Å². The monoisotopic (exact) mass is 1860 g/mol. The second-order valence-corrected chi connectivity index (χ2v) is 38.5. The highest BCUT2D eigenvalue weighted by atomic mass is 15.1. The summed E-state index contributed by atoms with van der Waals surface area (Å²) in [4.78, 5) is 32.5. The van der Waals surface area contributed by atoms with Gasteiger partial charge in [-0.3, -0.25) is 28.2 Å². The molecule has 21 aromatic carbocycles. The van der Waals surface area contributed by atoms with Crippen molar-refractivity contribution in [3.05, 3.63) is 508 Å². The second kappa shape index (κ2) is 32.1. The number of hydrogen-bond donors (Lipinski definition) is 0. The number of imidazole rings is 3. The van der Waals surface area contributed by atoms with E-state index in [-0.39, 0.29) is 12.8 Å². The fourth-order valence-electron chi connectivity index (χ4n) is 24.9. The minimum Gasteiger partial charge on any atom is -0.310 e. The normalized spacial score (nSPS) is 12.5. The molecule has 9 heterocycles. The summed E-state index contributed by atoms with van der Waals surface area (Å²) < 4.78 is 6.94. The van der Waals surface area contributed by atoms with Crippen molar-refractivity contribution in [1.82, 2.24) is 43.1 Å². The fraction of sp³-hybridized carbons (Fsp3) is 0.0147. The Hall–Kier alpha value is -19.4. The van der Waals surface area contributed by atoms with E-state index in [9.17, 15) is 0 Å². The molecule has 30 aromatic rings. The van der Waals surface area contributed by atoms with Gasteiger partial charge in [-0.2, -0.15) is 0 Å². The molecule has 0 saturated carbocycles. The van der Waals surface area contributed by atoms with Crippen molar-refractivity contribution in [2.45, 2.75) is 12.8 Å². The minimum atomic E-state index is -0.374. The molecule has 678 valence electrons. The van der Waals surface area contributed by atoms with Gasteiger partial charge in [0.25, 0.3) is 0 Å². The molecule has 0 fully saturated rings. The van der Waals surface area contributed by atoms with Gasteiger partial charge in [0.2, 0.25) is 0 Å².